The topological polar surface area (TPSA) is 305 Å². The molecule has 0 spiro atoms. The van der Waals surface area contributed by atoms with E-state index >= 15 is 8.78 Å². The number of esters is 2. The fourth-order valence-corrected chi connectivity index (χ4v) is 10.4. The molecule has 4 aliphatic heterocycles. The van der Waals surface area contributed by atoms with Gasteiger partial charge in [0.1, 0.15) is 60.2 Å². The van der Waals surface area contributed by atoms with Crippen molar-refractivity contribution in [1.82, 2.24) is 20.0 Å². The highest BCUT2D eigenvalue weighted by molar-refractivity contribution is 7.52. The van der Waals surface area contributed by atoms with E-state index in [1.807, 2.05) is 0 Å². The van der Waals surface area contributed by atoms with Gasteiger partial charge in [-0.1, -0.05) is 43.0 Å². The van der Waals surface area contributed by atoms with Crippen molar-refractivity contribution in [3.63, 3.8) is 0 Å². The molecule has 2 aromatic rings. The van der Waals surface area contributed by atoms with E-state index in [4.69, 9.17) is 37.0 Å². The van der Waals surface area contributed by atoms with Gasteiger partial charge in [0.15, 0.2) is 18.2 Å². The first kappa shape index (κ1) is 59.6. The summed E-state index contributed by atoms with van der Waals surface area (Å²) in [5.41, 5.74) is -4.13. The number of halogens is 2. The summed E-state index contributed by atoms with van der Waals surface area (Å²) in [6.45, 7) is 12.6. The van der Waals surface area contributed by atoms with Gasteiger partial charge in [-0.15, -0.1) is 0 Å². The zero-order valence-electron chi connectivity index (χ0n) is 41.7. The molecule has 2 aromatic carbocycles. The lowest BCUT2D eigenvalue weighted by atomic mass is 9.94. The first-order chi connectivity index (χ1) is 34.3. The molecule has 0 aliphatic carbocycles. The molecule has 12 atom stereocenters. The van der Waals surface area contributed by atoms with E-state index in [0.717, 1.165) is 35.9 Å². The summed E-state index contributed by atoms with van der Waals surface area (Å²) in [5.74, 6) is -9.51. The van der Waals surface area contributed by atoms with Crippen molar-refractivity contribution in [2.75, 3.05) is 13.2 Å². The number of allylic oxidation sites excluding steroid dienone is 2. The molecule has 0 radical (unpaired) electrons. The smallest absolute Gasteiger partial charge is 0.459 e. The molecule has 4 aliphatic rings. The second-order valence-electron chi connectivity index (χ2n) is 18.5. The molecular formula is C47H62F2N4O19P2. The Kier molecular flexibility index (Phi) is 19.1. The molecule has 6 N–H and O–H groups in total. The lowest BCUT2D eigenvalue weighted by Gasteiger charge is -2.34. The number of aliphatic hydroxyl groups excluding tert-OH is 2. The van der Waals surface area contributed by atoms with Crippen LogP contribution in [0.3, 0.4) is 0 Å². The number of hydrogen-bond acceptors (Lipinski definition) is 19. The SMILES string of the molecule is C=C1C=CN([C@@H]2O[C@](F)(CO[P@@](=O)(N[C@@H](C)C(=O)OC(C)C)Oc3ccccc3)[C@@H](O)[C@@]2(C)O)C(=O)C1.CC(C)OC(=O)[C@H](C)N[P@@](=O)(OC[C@@]1(F)O[C@@H](N2C=CC(=O)CC2=O)[C@](C)(O)[C@@H]1O)Oc1ccccc1. The van der Waals surface area contributed by atoms with Gasteiger partial charge in [-0.2, -0.15) is 10.2 Å². The molecule has 2 fully saturated rings. The van der Waals surface area contributed by atoms with Crippen LogP contribution < -0.4 is 19.2 Å². The molecule has 6 rings (SSSR count). The molecule has 2 amide bonds. The second-order valence-corrected chi connectivity index (χ2v) is 21.9. The van der Waals surface area contributed by atoms with Gasteiger partial charge in [-0.05, 0) is 97.4 Å². The number of nitrogens with zero attached hydrogens (tertiary/aromatic N) is 2. The fraction of sp³-hybridized carbons (Fsp3) is 0.511. The van der Waals surface area contributed by atoms with Crippen LogP contribution in [0.25, 0.3) is 0 Å². The summed E-state index contributed by atoms with van der Waals surface area (Å²) in [7, 11) is -9.03. The number of carbonyl (C=O) groups is 5. The van der Waals surface area contributed by atoms with Gasteiger partial charge in [0.05, 0.1) is 25.0 Å². The Balaban J connectivity index is 0.000000274. The lowest BCUT2D eigenvalue weighted by molar-refractivity contribution is -0.210. The average Bonchev–Trinajstić information content (AvgIpc) is 3.60. The highest BCUT2D eigenvalue weighted by atomic mass is 31.2. The van der Waals surface area contributed by atoms with Gasteiger partial charge in [0, 0.05) is 12.4 Å². The van der Waals surface area contributed by atoms with Gasteiger partial charge in [0.25, 0.3) is 11.7 Å². The standard InChI is InChI=1S/C24H32FN2O9P.C23H30FN2O10P/c1-15(2)34-20(29)17(4)26-37(32,36-18-9-7-6-8-10-18)33-14-24(25)21(30)23(5,31)22(35-24)27-12-11-16(3)13-19(27)28;1-14(2)34-19(29)15(3)25-37(32,36-17-8-6-5-7-9-17)33-13-23(24)20(30)22(4,31)21(35-23)26-11-10-16(27)12-18(26)28/h6-12,15,17,21-22,30-31H,3,13-14H2,1-2,4-5H3,(H,26,32);5-11,14-15,20-21,30-31H,12-13H2,1-4H3,(H,25,32)/t17-,21-,22+,23+,24+,37-;15-,20-,21+,22+,23+,37+/m00/s1. The number of alkyl halides is 2. The number of hydrogen-bond donors (Lipinski definition) is 6. The van der Waals surface area contributed by atoms with Crippen molar-refractivity contribution in [3.05, 3.63) is 97.4 Å². The number of ether oxygens (including phenoxy) is 4. The van der Waals surface area contributed by atoms with E-state index < -0.39 is 137 Å². The van der Waals surface area contributed by atoms with Crippen LogP contribution in [0, 0.1) is 0 Å². The number of rotatable bonds is 20. The van der Waals surface area contributed by atoms with Crippen LogP contribution in [0.2, 0.25) is 0 Å². The zero-order chi connectivity index (χ0) is 55.2. The maximum absolute atomic E-state index is 15.9. The van der Waals surface area contributed by atoms with Gasteiger partial charge < -0.3 is 48.4 Å². The highest BCUT2D eigenvalue weighted by Gasteiger charge is 2.66. The fourth-order valence-electron chi connectivity index (χ4n) is 7.38. The molecule has 2 saturated heterocycles. The molecule has 0 aromatic heterocycles. The van der Waals surface area contributed by atoms with Crippen molar-refractivity contribution in [2.24, 2.45) is 0 Å². The molecule has 23 nitrogen and oxygen atoms in total. The van der Waals surface area contributed by atoms with E-state index in [1.165, 1.54) is 50.4 Å². The zero-order valence-corrected chi connectivity index (χ0v) is 43.5. The van der Waals surface area contributed by atoms with Gasteiger partial charge in [-0.3, -0.25) is 42.8 Å². The quantitative estimate of drug-likeness (QED) is 0.0617. The maximum atomic E-state index is 15.9. The average molecular weight is 1090 g/mol. The van der Waals surface area contributed by atoms with Crippen LogP contribution in [-0.4, -0.2) is 145 Å². The summed E-state index contributed by atoms with van der Waals surface area (Å²) < 4.78 is 101. The second kappa shape index (κ2) is 23.7. The minimum atomic E-state index is -4.53. The third kappa shape index (κ3) is 14.6. The minimum Gasteiger partial charge on any atom is -0.462 e. The number of benzene rings is 2. The highest BCUT2D eigenvalue weighted by Crippen LogP contribution is 2.51. The molecule has 408 valence electrons. The molecule has 74 heavy (non-hydrogen) atoms. The van der Waals surface area contributed by atoms with Crippen molar-refractivity contribution < 1.29 is 99.4 Å². The number of amides is 2. The third-order valence-corrected chi connectivity index (χ3v) is 14.4. The predicted octanol–water partition coefficient (Wildman–Crippen LogP) is 4.12. The van der Waals surface area contributed by atoms with Crippen LogP contribution in [0.1, 0.15) is 68.2 Å². The number of aliphatic hydroxyl groups is 4. The van der Waals surface area contributed by atoms with E-state index in [-0.39, 0.29) is 17.9 Å². The normalized spacial score (nSPS) is 30.3. The van der Waals surface area contributed by atoms with Crippen LogP contribution in [0.15, 0.2) is 97.4 Å². The van der Waals surface area contributed by atoms with Crippen molar-refractivity contribution in [1.29, 1.82) is 0 Å². The summed E-state index contributed by atoms with van der Waals surface area (Å²) in [4.78, 5) is 62.5. The van der Waals surface area contributed by atoms with Gasteiger partial charge in [0.2, 0.25) is 11.8 Å². The lowest BCUT2D eigenvalue weighted by Crippen LogP contribution is -2.54. The Morgan fingerprint density at radius 1 is 0.689 bits per heavy atom. The van der Waals surface area contributed by atoms with Gasteiger partial charge >= 0.3 is 27.4 Å². The molecule has 0 bridgehead atoms. The van der Waals surface area contributed by atoms with E-state index in [0.29, 0.717) is 5.57 Å². The number of carbonyl (C=O) groups excluding carboxylic acids is 5. The van der Waals surface area contributed by atoms with E-state index in [1.54, 1.807) is 64.1 Å². The Morgan fingerprint density at radius 3 is 1.41 bits per heavy atom. The first-order valence-electron chi connectivity index (χ1n) is 23.0. The molecule has 4 heterocycles. The van der Waals surface area contributed by atoms with Crippen LogP contribution >= 0.6 is 15.5 Å². The summed E-state index contributed by atoms with van der Waals surface area (Å²) in [6, 6.07) is 13.1. The molecular weight excluding hydrogens is 1020 g/mol. The monoisotopic (exact) mass is 1090 g/mol. The Labute approximate surface area is 425 Å². The predicted molar refractivity (Wildman–Crippen MR) is 255 cm³/mol. The van der Waals surface area contributed by atoms with Crippen molar-refractivity contribution >= 4 is 45.0 Å². The van der Waals surface area contributed by atoms with Crippen molar-refractivity contribution in [2.45, 2.75) is 140 Å². The minimum absolute atomic E-state index is 0.0575. The number of ketones is 1. The van der Waals surface area contributed by atoms with Crippen LogP contribution in [-0.2, 0) is 61.1 Å². The maximum Gasteiger partial charge on any atom is 0.459 e. The molecule has 0 saturated carbocycles. The van der Waals surface area contributed by atoms with Crippen LogP contribution in [0.5, 0.6) is 11.5 Å². The Morgan fingerprint density at radius 2 is 1.05 bits per heavy atom. The summed E-state index contributed by atoms with van der Waals surface area (Å²) >= 11 is 0. The van der Waals surface area contributed by atoms with E-state index in [2.05, 4.69) is 16.8 Å². The molecule has 27 heteroatoms. The number of para-hydroxylation sites is 2. The Hall–Kier alpha value is -5.27. The van der Waals surface area contributed by atoms with E-state index in [9.17, 15) is 53.5 Å². The first-order valence-corrected chi connectivity index (χ1v) is 26.1. The van der Waals surface area contributed by atoms with Gasteiger partial charge in [-0.25, -0.2) is 17.9 Å². The third-order valence-electron chi connectivity index (χ3n) is 11.1. The largest absolute Gasteiger partial charge is 0.462 e. The number of nitrogens with one attached hydrogen (secondary N) is 2. The van der Waals surface area contributed by atoms with Crippen LogP contribution in [0.4, 0.5) is 8.78 Å². The van der Waals surface area contributed by atoms with Crippen molar-refractivity contribution in [3.8, 4) is 11.5 Å². The summed E-state index contributed by atoms with van der Waals surface area (Å²) in [5, 5.41) is 47.6. The summed E-state index contributed by atoms with van der Waals surface area (Å²) in [6.07, 6.45) is -4.60. The Bertz CT molecular complexity index is 2370. The molecule has 0 unspecified atom stereocenters.